The molecule has 6 heteroatoms. The highest BCUT2D eigenvalue weighted by molar-refractivity contribution is 7.89. The third-order valence-corrected chi connectivity index (χ3v) is 2.31. The SMILES string of the molecule is CS(=O)(=O)n1cccc1NC=O. The van der Waals surface area contributed by atoms with Gasteiger partial charge in [0.05, 0.1) is 6.26 Å². The zero-order chi connectivity index (χ0) is 9.19. The monoisotopic (exact) mass is 188 g/mol. The summed E-state index contributed by atoms with van der Waals surface area (Å²) in [5, 5.41) is 2.27. The highest BCUT2D eigenvalue weighted by Gasteiger charge is 2.08. The Labute approximate surface area is 70.1 Å². The van der Waals surface area contributed by atoms with Crippen molar-refractivity contribution in [1.82, 2.24) is 3.97 Å². The summed E-state index contributed by atoms with van der Waals surface area (Å²) in [5.74, 6) is 0.243. The summed E-state index contributed by atoms with van der Waals surface area (Å²) >= 11 is 0. The first-order chi connectivity index (χ1) is 5.55. The van der Waals surface area contributed by atoms with Gasteiger partial charge in [-0.3, -0.25) is 4.79 Å². The van der Waals surface area contributed by atoms with Crippen LogP contribution in [-0.4, -0.2) is 25.1 Å². The largest absolute Gasteiger partial charge is 0.314 e. The highest BCUT2D eigenvalue weighted by atomic mass is 32.2. The number of carbonyl (C=O) groups is 1. The van der Waals surface area contributed by atoms with E-state index in [0.29, 0.717) is 6.41 Å². The van der Waals surface area contributed by atoms with E-state index < -0.39 is 10.0 Å². The van der Waals surface area contributed by atoms with Crippen LogP contribution in [0.15, 0.2) is 18.3 Å². The molecule has 0 saturated heterocycles. The van der Waals surface area contributed by atoms with E-state index in [2.05, 4.69) is 5.32 Å². The molecular weight excluding hydrogens is 180 g/mol. The summed E-state index contributed by atoms with van der Waals surface area (Å²) in [5.41, 5.74) is 0. The van der Waals surface area contributed by atoms with Crippen molar-refractivity contribution in [3.8, 4) is 0 Å². The maximum Gasteiger partial charge on any atom is 0.237 e. The van der Waals surface area contributed by atoms with Gasteiger partial charge in [-0.1, -0.05) is 0 Å². The van der Waals surface area contributed by atoms with Crippen molar-refractivity contribution in [2.75, 3.05) is 11.6 Å². The van der Waals surface area contributed by atoms with Crippen molar-refractivity contribution >= 4 is 22.3 Å². The quantitative estimate of drug-likeness (QED) is 0.671. The van der Waals surface area contributed by atoms with Crippen LogP contribution in [0.4, 0.5) is 5.82 Å². The number of hydrogen-bond acceptors (Lipinski definition) is 3. The number of nitrogens with zero attached hydrogens (tertiary/aromatic N) is 1. The third kappa shape index (κ3) is 1.65. The van der Waals surface area contributed by atoms with Crippen molar-refractivity contribution in [2.24, 2.45) is 0 Å². The molecule has 0 atom stereocenters. The predicted octanol–water partition coefficient (Wildman–Crippen LogP) is -0.136. The van der Waals surface area contributed by atoms with Crippen LogP contribution in [-0.2, 0) is 14.8 Å². The van der Waals surface area contributed by atoms with Crippen LogP contribution in [0.3, 0.4) is 0 Å². The Kier molecular flexibility index (Phi) is 2.18. The highest BCUT2D eigenvalue weighted by Crippen LogP contribution is 2.09. The Hall–Kier alpha value is -1.30. The van der Waals surface area contributed by atoms with Crippen molar-refractivity contribution < 1.29 is 13.2 Å². The van der Waals surface area contributed by atoms with Crippen LogP contribution in [0, 0.1) is 0 Å². The number of rotatable bonds is 3. The molecule has 1 N–H and O–H groups in total. The fraction of sp³-hybridized carbons (Fsp3) is 0.167. The smallest absolute Gasteiger partial charge is 0.237 e. The number of hydrogen-bond donors (Lipinski definition) is 1. The van der Waals surface area contributed by atoms with Gasteiger partial charge in [-0.15, -0.1) is 0 Å². The Morgan fingerprint density at radius 1 is 1.58 bits per heavy atom. The summed E-state index contributed by atoms with van der Waals surface area (Å²) in [6, 6.07) is 3.03. The molecule has 0 fully saturated rings. The molecule has 66 valence electrons. The number of aromatic nitrogens is 1. The molecule has 0 aliphatic rings. The van der Waals surface area contributed by atoms with E-state index in [1.807, 2.05) is 0 Å². The van der Waals surface area contributed by atoms with Gasteiger partial charge in [0, 0.05) is 6.20 Å². The average molecular weight is 188 g/mol. The van der Waals surface area contributed by atoms with Gasteiger partial charge in [-0.2, -0.15) is 0 Å². The van der Waals surface area contributed by atoms with E-state index >= 15 is 0 Å². The fourth-order valence-corrected chi connectivity index (χ4v) is 1.59. The van der Waals surface area contributed by atoms with Gasteiger partial charge in [0.25, 0.3) is 0 Å². The fourth-order valence-electron chi connectivity index (χ4n) is 0.827. The first kappa shape index (κ1) is 8.79. The molecule has 1 amide bonds. The van der Waals surface area contributed by atoms with Gasteiger partial charge < -0.3 is 5.32 Å². The molecule has 5 nitrogen and oxygen atoms in total. The van der Waals surface area contributed by atoms with E-state index in [9.17, 15) is 13.2 Å². The Morgan fingerprint density at radius 2 is 2.25 bits per heavy atom. The topological polar surface area (TPSA) is 68.2 Å². The van der Waals surface area contributed by atoms with Gasteiger partial charge in [-0.05, 0) is 12.1 Å². The number of nitrogens with one attached hydrogen (secondary N) is 1. The van der Waals surface area contributed by atoms with E-state index in [0.717, 1.165) is 10.2 Å². The molecule has 0 spiro atoms. The van der Waals surface area contributed by atoms with Gasteiger partial charge in [0.1, 0.15) is 5.82 Å². The maximum absolute atomic E-state index is 11.0. The van der Waals surface area contributed by atoms with Crippen LogP contribution in [0.2, 0.25) is 0 Å². The van der Waals surface area contributed by atoms with E-state index in [4.69, 9.17) is 0 Å². The van der Waals surface area contributed by atoms with Crippen molar-refractivity contribution in [2.45, 2.75) is 0 Å². The Bertz CT molecular complexity index is 379. The summed E-state index contributed by atoms with van der Waals surface area (Å²) < 4.78 is 23.0. The van der Waals surface area contributed by atoms with Gasteiger partial charge >= 0.3 is 0 Å². The van der Waals surface area contributed by atoms with Crippen molar-refractivity contribution in [3.05, 3.63) is 18.3 Å². The molecule has 0 aliphatic heterocycles. The molecule has 1 heterocycles. The standard InChI is InChI=1S/C6H8N2O3S/c1-12(10,11)8-4-2-3-6(8)7-5-9/h2-5H,1H3,(H,7,9). The minimum atomic E-state index is -3.32. The van der Waals surface area contributed by atoms with Crippen molar-refractivity contribution in [1.29, 1.82) is 0 Å². The lowest BCUT2D eigenvalue weighted by Gasteiger charge is -2.03. The molecular formula is C6H8N2O3S. The summed E-state index contributed by atoms with van der Waals surface area (Å²) in [4.78, 5) is 10.0. The van der Waals surface area contributed by atoms with E-state index in [1.54, 1.807) is 0 Å². The third-order valence-electron chi connectivity index (χ3n) is 1.28. The first-order valence-corrected chi connectivity index (χ1v) is 4.98. The minimum Gasteiger partial charge on any atom is -0.314 e. The molecule has 0 saturated carbocycles. The van der Waals surface area contributed by atoms with Gasteiger partial charge in [-0.25, -0.2) is 12.4 Å². The summed E-state index contributed by atoms with van der Waals surface area (Å²) in [6.07, 6.45) is 2.85. The summed E-state index contributed by atoms with van der Waals surface area (Å²) in [6.45, 7) is 0. The molecule has 0 unspecified atom stereocenters. The molecule has 1 rings (SSSR count). The number of amides is 1. The molecule has 0 bridgehead atoms. The lowest BCUT2D eigenvalue weighted by Crippen LogP contribution is -2.12. The van der Waals surface area contributed by atoms with Crippen LogP contribution >= 0.6 is 0 Å². The number of carbonyl (C=O) groups excluding carboxylic acids is 1. The predicted molar refractivity (Wildman–Crippen MR) is 44.4 cm³/mol. The molecule has 12 heavy (non-hydrogen) atoms. The van der Waals surface area contributed by atoms with E-state index in [-0.39, 0.29) is 5.82 Å². The zero-order valence-corrected chi connectivity index (χ0v) is 7.21. The molecule has 1 aromatic heterocycles. The second-order valence-electron chi connectivity index (χ2n) is 2.21. The second kappa shape index (κ2) is 2.98. The zero-order valence-electron chi connectivity index (χ0n) is 6.39. The van der Waals surface area contributed by atoms with Crippen LogP contribution in [0.5, 0.6) is 0 Å². The Morgan fingerprint density at radius 3 is 2.75 bits per heavy atom. The summed E-state index contributed by atoms with van der Waals surface area (Å²) in [7, 11) is -3.32. The molecule has 1 aromatic rings. The average Bonchev–Trinajstić information content (AvgIpc) is 2.34. The van der Waals surface area contributed by atoms with Crippen LogP contribution < -0.4 is 5.32 Å². The van der Waals surface area contributed by atoms with Crippen LogP contribution in [0.25, 0.3) is 0 Å². The van der Waals surface area contributed by atoms with E-state index in [1.165, 1.54) is 18.3 Å². The molecule has 0 aliphatic carbocycles. The Balaban J connectivity index is 3.16. The lowest BCUT2D eigenvalue weighted by molar-refractivity contribution is -0.105. The van der Waals surface area contributed by atoms with Crippen molar-refractivity contribution in [3.63, 3.8) is 0 Å². The first-order valence-electron chi connectivity index (χ1n) is 3.14. The van der Waals surface area contributed by atoms with Gasteiger partial charge in [0.2, 0.25) is 16.4 Å². The second-order valence-corrected chi connectivity index (χ2v) is 4.07. The van der Waals surface area contributed by atoms with Gasteiger partial charge in [0.15, 0.2) is 0 Å². The molecule has 0 aromatic carbocycles. The maximum atomic E-state index is 11.0. The normalized spacial score (nSPS) is 11.1. The molecule has 0 radical (unpaired) electrons. The number of anilines is 1. The lowest BCUT2D eigenvalue weighted by atomic mass is 10.6. The minimum absolute atomic E-state index is 0.243. The van der Waals surface area contributed by atoms with Crippen LogP contribution in [0.1, 0.15) is 0 Å².